The summed E-state index contributed by atoms with van der Waals surface area (Å²) in [6, 6.07) is 0. The summed E-state index contributed by atoms with van der Waals surface area (Å²) < 4.78 is 0. The standard InChI is InChI=1S/C6H12.2C2H5N/c1-2-4-6-5-3-1;2*1-2-3/h1-6H2;2*2-3H,1H3. The zero-order valence-electron chi connectivity index (χ0n) is 8.40. The fraction of sp³-hybridized carbons (Fsp3) is 0.800. The molecule has 12 heavy (non-hydrogen) atoms. The molecule has 2 heteroatoms. The topological polar surface area (TPSA) is 47.7 Å². The van der Waals surface area contributed by atoms with Crippen molar-refractivity contribution in [3.8, 4) is 0 Å². The molecular formula is C10H22N2. The van der Waals surface area contributed by atoms with Gasteiger partial charge in [0.25, 0.3) is 0 Å². The second-order valence-corrected chi connectivity index (χ2v) is 2.70. The summed E-state index contributed by atoms with van der Waals surface area (Å²) in [6.45, 7) is 3.33. The van der Waals surface area contributed by atoms with Gasteiger partial charge in [0.1, 0.15) is 0 Å². The lowest BCUT2D eigenvalue weighted by molar-refractivity contribution is 0.504. The molecule has 0 aromatic rings. The van der Waals surface area contributed by atoms with Crippen molar-refractivity contribution in [2.75, 3.05) is 0 Å². The zero-order valence-corrected chi connectivity index (χ0v) is 8.40. The third-order valence-corrected chi connectivity index (χ3v) is 1.50. The molecule has 0 aromatic heterocycles. The normalized spacial score (nSPS) is 14.2. The lowest BCUT2D eigenvalue weighted by Crippen LogP contribution is -1.85. The second-order valence-electron chi connectivity index (χ2n) is 2.70. The van der Waals surface area contributed by atoms with Crippen molar-refractivity contribution in [1.29, 1.82) is 10.8 Å². The molecule has 0 unspecified atom stereocenters. The highest BCUT2D eigenvalue weighted by atomic mass is 14.3. The molecule has 2 N–H and O–H groups in total. The molecule has 0 aliphatic heterocycles. The van der Waals surface area contributed by atoms with Crippen LogP contribution in [-0.4, -0.2) is 12.4 Å². The average molecular weight is 170 g/mol. The van der Waals surface area contributed by atoms with Crippen LogP contribution in [0.1, 0.15) is 52.4 Å². The Balaban J connectivity index is 0. The lowest BCUT2D eigenvalue weighted by Gasteiger charge is -2.05. The minimum absolute atomic E-state index is 1.25. The predicted molar refractivity (Wildman–Crippen MR) is 56.6 cm³/mol. The van der Waals surface area contributed by atoms with Gasteiger partial charge in [-0.2, -0.15) is 0 Å². The summed E-state index contributed by atoms with van der Waals surface area (Å²) in [5.74, 6) is 0. The molecule has 0 aromatic carbocycles. The highest BCUT2D eigenvalue weighted by molar-refractivity contribution is 5.48. The van der Waals surface area contributed by atoms with Crippen LogP contribution in [0.4, 0.5) is 0 Å². The van der Waals surface area contributed by atoms with Gasteiger partial charge >= 0.3 is 0 Å². The predicted octanol–water partition coefficient (Wildman–Crippen LogP) is 3.65. The Kier molecular flexibility index (Phi) is 19.4. The molecule has 0 amide bonds. The first-order valence-electron chi connectivity index (χ1n) is 4.73. The van der Waals surface area contributed by atoms with Crippen LogP contribution in [0.15, 0.2) is 0 Å². The fourth-order valence-electron chi connectivity index (χ4n) is 1.06. The first-order valence-corrected chi connectivity index (χ1v) is 4.73. The zero-order chi connectivity index (χ0) is 9.66. The summed E-state index contributed by atoms with van der Waals surface area (Å²) in [7, 11) is 0. The van der Waals surface area contributed by atoms with Gasteiger partial charge < -0.3 is 10.8 Å². The van der Waals surface area contributed by atoms with Crippen LogP contribution in [-0.2, 0) is 0 Å². The lowest BCUT2D eigenvalue weighted by atomic mass is 10.0. The van der Waals surface area contributed by atoms with E-state index in [2.05, 4.69) is 0 Å². The summed E-state index contributed by atoms with van der Waals surface area (Å²) in [5, 5.41) is 12.2. The number of nitrogens with one attached hydrogen (secondary N) is 2. The highest BCUT2D eigenvalue weighted by Crippen LogP contribution is 2.15. The van der Waals surface area contributed by atoms with E-state index in [0.29, 0.717) is 0 Å². The van der Waals surface area contributed by atoms with Crippen molar-refractivity contribution in [1.82, 2.24) is 0 Å². The maximum atomic E-state index is 6.08. The monoisotopic (exact) mass is 170 g/mol. The molecule has 1 fully saturated rings. The Morgan fingerprint density at radius 1 is 0.667 bits per heavy atom. The first kappa shape index (κ1) is 13.9. The van der Waals surface area contributed by atoms with Crippen LogP contribution >= 0.6 is 0 Å². The molecule has 72 valence electrons. The van der Waals surface area contributed by atoms with Gasteiger partial charge in [-0.1, -0.05) is 38.5 Å². The van der Waals surface area contributed by atoms with Crippen molar-refractivity contribution < 1.29 is 0 Å². The highest BCUT2D eigenvalue weighted by Gasteiger charge is 1.95. The van der Waals surface area contributed by atoms with Crippen molar-refractivity contribution in [3.63, 3.8) is 0 Å². The second kappa shape index (κ2) is 16.7. The molecule has 0 spiro atoms. The van der Waals surface area contributed by atoms with Gasteiger partial charge in [-0.3, -0.25) is 0 Å². The Hall–Kier alpha value is -0.660. The van der Waals surface area contributed by atoms with Crippen molar-refractivity contribution >= 4 is 12.4 Å². The SMILES string of the molecule is C1CCCCC1.CC=N.CC=N. The van der Waals surface area contributed by atoms with E-state index >= 15 is 0 Å². The summed E-state index contributed by atoms with van der Waals surface area (Å²) in [5.41, 5.74) is 0. The van der Waals surface area contributed by atoms with Gasteiger partial charge in [0, 0.05) is 0 Å². The van der Waals surface area contributed by atoms with Gasteiger partial charge in [0.2, 0.25) is 0 Å². The van der Waals surface area contributed by atoms with Crippen molar-refractivity contribution in [2.45, 2.75) is 52.4 Å². The molecule has 2 nitrogen and oxygen atoms in total. The summed E-state index contributed by atoms with van der Waals surface area (Å²) in [4.78, 5) is 0. The quantitative estimate of drug-likeness (QED) is 0.521. The van der Waals surface area contributed by atoms with Gasteiger partial charge in [0.05, 0.1) is 0 Å². The fourth-order valence-corrected chi connectivity index (χ4v) is 1.06. The maximum Gasteiger partial charge on any atom is -0.00788 e. The van der Waals surface area contributed by atoms with Crippen LogP contribution in [0.5, 0.6) is 0 Å². The van der Waals surface area contributed by atoms with E-state index in [4.69, 9.17) is 10.8 Å². The Morgan fingerprint density at radius 2 is 0.750 bits per heavy atom. The molecular weight excluding hydrogens is 148 g/mol. The van der Waals surface area contributed by atoms with Crippen LogP contribution in [0.25, 0.3) is 0 Å². The van der Waals surface area contributed by atoms with Crippen LogP contribution in [0.3, 0.4) is 0 Å². The van der Waals surface area contributed by atoms with Gasteiger partial charge in [0.15, 0.2) is 0 Å². The Labute approximate surface area is 76.4 Å². The Morgan fingerprint density at radius 3 is 0.833 bits per heavy atom. The van der Waals surface area contributed by atoms with E-state index in [-0.39, 0.29) is 0 Å². The van der Waals surface area contributed by atoms with Gasteiger partial charge in [-0.25, -0.2) is 0 Å². The smallest absolute Gasteiger partial charge is 0.00788 e. The van der Waals surface area contributed by atoms with Gasteiger partial charge in [-0.05, 0) is 26.3 Å². The van der Waals surface area contributed by atoms with E-state index in [1.165, 1.54) is 51.0 Å². The van der Waals surface area contributed by atoms with Crippen LogP contribution < -0.4 is 0 Å². The van der Waals surface area contributed by atoms with E-state index in [1.54, 1.807) is 13.8 Å². The third-order valence-electron chi connectivity index (χ3n) is 1.50. The molecule has 0 atom stereocenters. The number of hydrogen-bond donors (Lipinski definition) is 2. The van der Waals surface area contributed by atoms with Crippen molar-refractivity contribution in [2.24, 2.45) is 0 Å². The number of rotatable bonds is 0. The molecule has 1 rings (SSSR count). The van der Waals surface area contributed by atoms with E-state index in [1.807, 2.05) is 0 Å². The molecule has 1 saturated carbocycles. The molecule has 1 aliphatic carbocycles. The van der Waals surface area contributed by atoms with Crippen LogP contribution in [0.2, 0.25) is 0 Å². The molecule has 0 saturated heterocycles. The Bertz CT molecular complexity index is 68.3. The molecule has 1 aliphatic rings. The first-order chi connectivity index (χ1) is 5.83. The maximum absolute atomic E-state index is 6.08. The van der Waals surface area contributed by atoms with E-state index in [0.717, 1.165) is 0 Å². The minimum Gasteiger partial charge on any atom is -0.313 e. The van der Waals surface area contributed by atoms with Crippen molar-refractivity contribution in [3.05, 3.63) is 0 Å². The molecule has 0 radical (unpaired) electrons. The van der Waals surface area contributed by atoms with E-state index in [9.17, 15) is 0 Å². The van der Waals surface area contributed by atoms with Crippen LogP contribution in [0, 0.1) is 10.8 Å². The largest absolute Gasteiger partial charge is 0.313 e. The molecule has 0 heterocycles. The number of hydrogen-bond acceptors (Lipinski definition) is 2. The third kappa shape index (κ3) is 22.8. The summed E-state index contributed by atoms with van der Waals surface area (Å²) in [6.07, 6.45) is 11.5. The molecule has 0 bridgehead atoms. The van der Waals surface area contributed by atoms with Gasteiger partial charge in [-0.15, -0.1) is 0 Å². The average Bonchev–Trinajstić information content (AvgIpc) is 2.10. The van der Waals surface area contributed by atoms with E-state index < -0.39 is 0 Å². The minimum atomic E-state index is 1.25. The summed E-state index contributed by atoms with van der Waals surface area (Å²) >= 11 is 0.